The molecule has 37 heavy (non-hydrogen) atoms. The van der Waals surface area contributed by atoms with Gasteiger partial charge in [-0.3, -0.25) is 18.8 Å². The van der Waals surface area contributed by atoms with Crippen LogP contribution >= 0.6 is 11.3 Å². The first kappa shape index (κ1) is 24.9. The maximum atomic E-state index is 13.8. The van der Waals surface area contributed by atoms with E-state index in [4.69, 9.17) is 4.74 Å². The summed E-state index contributed by atoms with van der Waals surface area (Å²) in [6.07, 6.45) is 7.67. The molecule has 0 saturated heterocycles. The van der Waals surface area contributed by atoms with E-state index in [-0.39, 0.29) is 23.5 Å². The van der Waals surface area contributed by atoms with Gasteiger partial charge in [-0.25, -0.2) is 9.78 Å². The molecule has 3 aromatic heterocycles. The topological polar surface area (TPSA) is 108 Å². The molecule has 5 rings (SSSR count). The molecule has 0 saturated carbocycles. The number of anilines is 1. The molecule has 1 atom stereocenters. The predicted molar refractivity (Wildman–Crippen MR) is 143 cm³/mol. The zero-order chi connectivity index (χ0) is 26.1. The van der Waals surface area contributed by atoms with Gasteiger partial charge in [-0.2, -0.15) is 5.10 Å². The Balaban J connectivity index is 1.51. The largest absolute Gasteiger partial charge is 0.462 e. The van der Waals surface area contributed by atoms with Gasteiger partial charge in [0.15, 0.2) is 0 Å². The number of rotatable bonds is 7. The quantitative estimate of drug-likeness (QED) is 0.360. The van der Waals surface area contributed by atoms with Crippen molar-refractivity contribution < 1.29 is 14.3 Å². The summed E-state index contributed by atoms with van der Waals surface area (Å²) in [6.45, 7) is 3.74. The Morgan fingerprint density at radius 3 is 2.73 bits per heavy atom. The number of carbonyl (C=O) groups is 2. The van der Waals surface area contributed by atoms with Crippen molar-refractivity contribution in [3.8, 4) is 11.1 Å². The molecule has 10 heteroatoms. The Bertz CT molecular complexity index is 1550. The molecule has 0 radical (unpaired) electrons. The summed E-state index contributed by atoms with van der Waals surface area (Å²) in [7, 11) is 1.62. The molecule has 1 amide bonds. The molecule has 1 unspecified atom stereocenters. The van der Waals surface area contributed by atoms with Gasteiger partial charge in [0.1, 0.15) is 22.3 Å². The normalized spacial score (nSPS) is 13.8. The number of thiophene rings is 1. The zero-order valence-electron chi connectivity index (χ0n) is 21.1. The van der Waals surface area contributed by atoms with Crippen molar-refractivity contribution in [2.24, 2.45) is 7.05 Å². The summed E-state index contributed by atoms with van der Waals surface area (Å²) in [5.74, 6) is -0.799. The lowest BCUT2D eigenvalue weighted by molar-refractivity contribution is -0.119. The van der Waals surface area contributed by atoms with Gasteiger partial charge in [0.05, 0.1) is 24.5 Å². The number of ether oxygens (including phenoxy) is 1. The van der Waals surface area contributed by atoms with Crippen molar-refractivity contribution in [2.75, 3.05) is 11.9 Å². The number of amides is 1. The average Bonchev–Trinajstić information content (AvgIpc) is 3.50. The number of fused-ring (bicyclic) bond motifs is 2. The minimum Gasteiger partial charge on any atom is -0.462 e. The number of nitrogens with zero attached hydrogens (tertiary/aromatic N) is 4. The Labute approximate surface area is 218 Å². The highest BCUT2D eigenvalue weighted by molar-refractivity contribution is 7.17. The smallest absolute Gasteiger partial charge is 0.343 e. The van der Waals surface area contributed by atoms with E-state index in [2.05, 4.69) is 33.6 Å². The van der Waals surface area contributed by atoms with E-state index >= 15 is 0 Å². The highest BCUT2D eigenvalue weighted by Gasteiger charge is 2.26. The molecule has 0 aliphatic heterocycles. The molecular weight excluding hydrogens is 490 g/mol. The second kappa shape index (κ2) is 10.3. The number of nitrogens with one attached hydrogen (secondary N) is 1. The maximum Gasteiger partial charge on any atom is 0.343 e. The van der Waals surface area contributed by atoms with Crippen LogP contribution in [0.5, 0.6) is 0 Å². The highest BCUT2D eigenvalue weighted by atomic mass is 32.1. The molecule has 1 N–H and O–H groups in total. The summed E-state index contributed by atoms with van der Waals surface area (Å²) >= 11 is 1.42. The minimum atomic E-state index is -0.828. The lowest BCUT2D eigenvalue weighted by Crippen LogP contribution is -2.34. The number of hydrogen-bond donors (Lipinski definition) is 1. The van der Waals surface area contributed by atoms with Crippen LogP contribution in [-0.2, 0) is 29.4 Å². The Morgan fingerprint density at radius 1 is 1.19 bits per heavy atom. The van der Waals surface area contributed by atoms with Gasteiger partial charge in [-0.15, -0.1) is 11.3 Å². The summed E-state index contributed by atoms with van der Waals surface area (Å²) in [5, 5.41) is 9.34. The molecule has 0 spiro atoms. The van der Waals surface area contributed by atoms with Crippen LogP contribution in [0.15, 0.2) is 40.9 Å². The lowest BCUT2D eigenvalue weighted by atomic mass is 9.89. The fourth-order valence-electron chi connectivity index (χ4n) is 4.93. The van der Waals surface area contributed by atoms with Gasteiger partial charge in [0, 0.05) is 18.0 Å². The van der Waals surface area contributed by atoms with Crippen molar-refractivity contribution in [3.63, 3.8) is 0 Å². The number of aromatic nitrogens is 4. The van der Waals surface area contributed by atoms with E-state index < -0.39 is 17.9 Å². The number of aryl methyl sites for hydroxylation is 3. The monoisotopic (exact) mass is 519 g/mol. The molecule has 1 aliphatic carbocycles. The molecule has 0 fully saturated rings. The van der Waals surface area contributed by atoms with Gasteiger partial charge in [0.25, 0.3) is 5.56 Å². The molecular formula is C27H29N5O4S. The first-order chi connectivity index (χ1) is 17.9. The van der Waals surface area contributed by atoms with Crippen molar-refractivity contribution >= 4 is 39.2 Å². The number of benzene rings is 1. The van der Waals surface area contributed by atoms with Crippen molar-refractivity contribution in [3.05, 3.63) is 63.1 Å². The SMILES string of the molecule is CCOC(=O)c1cnn(C)c1NC(=O)C(CC)n1cnc2scc(-c3ccc4c(c3)CCCC4)c2c1=O. The first-order valence-corrected chi connectivity index (χ1v) is 13.4. The van der Waals surface area contributed by atoms with Gasteiger partial charge < -0.3 is 10.1 Å². The summed E-state index contributed by atoms with van der Waals surface area (Å²) in [6, 6.07) is 5.60. The van der Waals surface area contributed by atoms with E-state index in [1.54, 1.807) is 14.0 Å². The fourth-order valence-corrected chi connectivity index (χ4v) is 5.84. The van der Waals surface area contributed by atoms with Crippen molar-refractivity contribution in [1.82, 2.24) is 19.3 Å². The summed E-state index contributed by atoms with van der Waals surface area (Å²) in [4.78, 5) is 44.6. The summed E-state index contributed by atoms with van der Waals surface area (Å²) in [5.41, 5.74) is 4.44. The van der Waals surface area contributed by atoms with Crippen LogP contribution in [0.25, 0.3) is 21.3 Å². The maximum absolute atomic E-state index is 13.8. The molecule has 3 heterocycles. The zero-order valence-corrected chi connectivity index (χ0v) is 21.9. The van der Waals surface area contributed by atoms with E-state index in [1.807, 2.05) is 12.3 Å². The Morgan fingerprint density at radius 2 is 1.97 bits per heavy atom. The van der Waals surface area contributed by atoms with Crippen LogP contribution in [0, 0.1) is 0 Å². The lowest BCUT2D eigenvalue weighted by Gasteiger charge is -2.18. The van der Waals surface area contributed by atoms with E-state index in [0.29, 0.717) is 16.6 Å². The van der Waals surface area contributed by atoms with Crippen LogP contribution < -0.4 is 10.9 Å². The predicted octanol–water partition coefficient (Wildman–Crippen LogP) is 4.50. The van der Waals surface area contributed by atoms with Gasteiger partial charge >= 0.3 is 5.97 Å². The molecule has 4 aromatic rings. The van der Waals surface area contributed by atoms with Gasteiger partial charge in [0.2, 0.25) is 5.91 Å². The third-order valence-corrected chi connectivity index (χ3v) is 7.77. The van der Waals surface area contributed by atoms with E-state index in [9.17, 15) is 14.4 Å². The van der Waals surface area contributed by atoms with E-state index in [0.717, 1.165) is 24.0 Å². The Kier molecular flexibility index (Phi) is 6.92. The molecule has 9 nitrogen and oxygen atoms in total. The van der Waals surface area contributed by atoms with Crippen LogP contribution in [0.1, 0.15) is 60.6 Å². The standard InChI is InChI=1S/C27H29N5O4S/c1-4-21(24(33)30-23-19(13-29-31(23)3)27(35)36-5-2)32-15-28-25-22(26(32)34)20(14-37-25)18-11-10-16-8-6-7-9-17(16)12-18/h10-15,21H,4-9H2,1-3H3,(H,30,33). The van der Waals surface area contributed by atoms with Crippen LogP contribution in [-0.4, -0.2) is 37.8 Å². The summed E-state index contributed by atoms with van der Waals surface area (Å²) < 4.78 is 7.85. The minimum absolute atomic E-state index is 0.154. The fraction of sp³-hybridized carbons (Fsp3) is 0.370. The molecule has 0 bridgehead atoms. The third kappa shape index (κ3) is 4.57. The molecule has 192 valence electrons. The highest BCUT2D eigenvalue weighted by Crippen LogP contribution is 2.34. The van der Waals surface area contributed by atoms with Crippen molar-refractivity contribution in [1.29, 1.82) is 0 Å². The number of esters is 1. The van der Waals surface area contributed by atoms with Gasteiger partial charge in [-0.05, 0) is 55.7 Å². The van der Waals surface area contributed by atoms with Gasteiger partial charge in [-0.1, -0.05) is 25.1 Å². The Hall–Kier alpha value is -3.79. The van der Waals surface area contributed by atoms with Crippen LogP contribution in [0.4, 0.5) is 5.82 Å². The second-order valence-corrected chi connectivity index (χ2v) is 10.00. The first-order valence-electron chi connectivity index (χ1n) is 12.5. The average molecular weight is 520 g/mol. The van der Waals surface area contributed by atoms with Crippen LogP contribution in [0.3, 0.4) is 0 Å². The third-order valence-electron chi connectivity index (χ3n) is 6.88. The van der Waals surface area contributed by atoms with Crippen molar-refractivity contribution in [2.45, 2.75) is 52.0 Å². The van der Waals surface area contributed by atoms with E-state index in [1.165, 1.54) is 57.1 Å². The molecule has 1 aliphatic rings. The second-order valence-electron chi connectivity index (χ2n) is 9.14. The number of carbonyl (C=O) groups excluding carboxylic acids is 2. The number of hydrogen-bond acceptors (Lipinski definition) is 7. The van der Waals surface area contributed by atoms with Crippen LogP contribution in [0.2, 0.25) is 0 Å². The molecule has 1 aromatic carbocycles.